The van der Waals surface area contributed by atoms with Gasteiger partial charge in [-0.25, -0.2) is 4.98 Å². The van der Waals surface area contributed by atoms with Gasteiger partial charge in [0.1, 0.15) is 0 Å². The lowest BCUT2D eigenvalue weighted by Gasteiger charge is -2.36. The highest BCUT2D eigenvalue weighted by Crippen LogP contribution is 2.22. The molecule has 1 aliphatic heterocycles. The third-order valence-electron chi connectivity index (χ3n) is 5.73. The summed E-state index contributed by atoms with van der Waals surface area (Å²) in [6.45, 7) is 5.47. The first kappa shape index (κ1) is 22.9. The molecule has 2 heterocycles. The second kappa shape index (κ2) is 11.0. The molecule has 172 valence electrons. The molecular weight excluding hydrogens is 434 g/mol. The lowest BCUT2D eigenvalue weighted by atomic mass is 10.2. The van der Waals surface area contributed by atoms with Crippen molar-refractivity contribution >= 4 is 29.3 Å². The number of anilines is 1. The molecule has 7 nitrogen and oxygen atoms in total. The zero-order chi connectivity index (χ0) is 23.0. The van der Waals surface area contributed by atoms with E-state index in [9.17, 15) is 9.59 Å². The van der Waals surface area contributed by atoms with Crippen molar-refractivity contribution < 1.29 is 9.59 Å². The lowest BCUT2D eigenvalue weighted by molar-refractivity contribution is -0.131. The summed E-state index contributed by atoms with van der Waals surface area (Å²) in [5, 5.41) is 3.64. The van der Waals surface area contributed by atoms with E-state index in [4.69, 9.17) is 0 Å². The summed E-state index contributed by atoms with van der Waals surface area (Å²) >= 11 is 1.39. The average molecular weight is 464 g/mol. The minimum atomic E-state index is -0.0963. The van der Waals surface area contributed by atoms with Crippen LogP contribution in [0.3, 0.4) is 0 Å². The summed E-state index contributed by atoms with van der Waals surface area (Å²) < 4.78 is 1.99. The summed E-state index contributed by atoms with van der Waals surface area (Å²) in [7, 11) is 0. The van der Waals surface area contributed by atoms with Crippen molar-refractivity contribution in [3.05, 3.63) is 72.6 Å². The van der Waals surface area contributed by atoms with Crippen LogP contribution in [-0.4, -0.2) is 64.7 Å². The van der Waals surface area contributed by atoms with Crippen LogP contribution in [0.2, 0.25) is 0 Å². The van der Waals surface area contributed by atoms with Gasteiger partial charge in [-0.2, -0.15) is 0 Å². The number of carbonyl (C=O) groups is 2. The second-order valence-corrected chi connectivity index (χ2v) is 8.90. The van der Waals surface area contributed by atoms with Crippen molar-refractivity contribution in [2.45, 2.75) is 18.5 Å². The maximum absolute atomic E-state index is 12.5. The molecule has 0 aliphatic carbocycles. The number of rotatable bonds is 8. The van der Waals surface area contributed by atoms with Gasteiger partial charge in [-0.15, -0.1) is 0 Å². The number of aryl methyl sites for hydroxylation is 1. The monoisotopic (exact) mass is 463 g/mol. The molecule has 1 N–H and O–H groups in total. The van der Waals surface area contributed by atoms with Crippen molar-refractivity contribution in [2.75, 3.05) is 43.4 Å². The molecule has 2 amide bonds. The molecule has 0 bridgehead atoms. The number of hydrogen-bond donors (Lipinski definition) is 1. The van der Waals surface area contributed by atoms with Crippen LogP contribution >= 0.6 is 11.8 Å². The van der Waals surface area contributed by atoms with Crippen LogP contribution < -0.4 is 10.2 Å². The Hall–Kier alpha value is -3.26. The SMILES string of the molecule is Cc1ccccc1-n1ccnc1SCC(=O)NCCC(=O)N1CCN(c2ccccc2)CC1. The molecule has 0 radical (unpaired) electrons. The Kier molecular flexibility index (Phi) is 7.67. The third kappa shape index (κ3) is 5.96. The molecule has 0 saturated carbocycles. The topological polar surface area (TPSA) is 70.5 Å². The Morgan fingerprint density at radius 1 is 1.00 bits per heavy atom. The molecule has 33 heavy (non-hydrogen) atoms. The number of imidazole rings is 1. The first-order valence-corrected chi connectivity index (χ1v) is 12.2. The Morgan fingerprint density at radius 2 is 1.73 bits per heavy atom. The zero-order valence-electron chi connectivity index (χ0n) is 18.8. The van der Waals surface area contributed by atoms with Crippen molar-refractivity contribution in [1.82, 2.24) is 19.8 Å². The summed E-state index contributed by atoms with van der Waals surface area (Å²) in [5.74, 6) is 0.249. The fourth-order valence-electron chi connectivity index (χ4n) is 3.91. The fourth-order valence-corrected chi connectivity index (χ4v) is 4.71. The molecule has 1 fully saturated rings. The summed E-state index contributed by atoms with van der Waals surface area (Å²) in [4.78, 5) is 33.4. The maximum atomic E-state index is 12.5. The van der Waals surface area contributed by atoms with E-state index >= 15 is 0 Å². The predicted molar refractivity (Wildman–Crippen MR) is 132 cm³/mol. The van der Waals surface area contributed by atoms with Gasteiger partial charge >= 0.3 is 0 Å². The van der Waals surface area contributed by atoms with Crippen LogP contribution in [0.1, 0.15) is 12.0 Å². The van der Waals surface area contributed by atoms with Gasteiger partial charge in [0.15, 0.2) is 5.16 Å². The second-order valence-electron chi connectivity index (χ2n) is 7.96. The van der Waals surface area contributed by atoms with Gasteiger partial charge in [0.25, 0.3) is 0 Å². The van der Waals surface area contributed by atoms with Crippen LogP contribution in [0.4, 0.5) is 5.69 Å². The van der Waals surface area contributed by atoms with E-state index in [0.717, 1.165) is 29.5 Å². The van der Waals surface area contributed by atoms with E-state index < -0.39 is 0 Å². The molecule has 1 aliphatic rings. The van der Waals surface area contributed by atoms with Crippen LogP contribution in [0, 0.1) is 6.92 Å². The van der Waals surface area contributed by atoms with E-state index in [1.165, 1.54) is 17.4 Å². The third-order valence-corrected chi connectivity index (χ3v) is 6.70. The molecule has 2 aromatic carbocycles. The zero-order valence-corrected chi connectivity index (χ0v) is 19.6. The summed E-state index contributed by atoms with van der Waals surface area (Å²) in [5.41, 5.74) is 3.39. The minimum absolute atomic E-state index is 0.0887. The molecule has 0 atom stereocenters. The molecule has 0 spiro atoms. The Labute approximate surface area is 198 Å². The number of hydrogen-bond acceptors (Lipinski definition) is 5. The van der Waals surface area contributed by atoms with Crippen LogP contribution in [0.15, 0.2) is 72.1 Å². The summed E-state index contributed by atoms with van der Waals surface area (Å²) in [6.07, 6.45) is 3.96. The molecule has 3 aromatic rings. The van der Waals surface area contributed by atoms with Gasteiger partial charge in [0, 0.05) is 57.2 Å². The average Bonchev–Trinajstić information content (AvgIpc) is 3.32. The van der Waals surface area contributed by atoms with E-state index in [2.05, 4.69) is 40.3 Å². The van der Waals surface area contributed by atoms with Crippen molar-refractivity contribution in [2.24, 2.45) is 0 Å². The van der Waals surface area contributed by atoms with Gasteiger partial charge in [-0.05, 0) is 30.7 Å². The van der Waals surface area contributed by atoms with Gasteiger partial charge in [0.05, 0.1) is 11.4 Å². The highest BCUT2D eigenvalue weighted by Gasteiger charge is 2.21. The molecular formula is C25H29N5O2S. The van der Waals surface area contributed by atoms with Crippen molar-refractivity contribution in [3.8, 4) is 5.69 Å². The molecule has 0 unspecified atom stereocenters. The first-order valence-electron chi connectivity index (χ1n) is 11.2. The Bertz CT molecular complexity index is 1080. The maximum Gasteiger partial charge on any atom is 0.230 e. The number of para-hydroxylation sites is 2. The standard InChI is InChI=1S/C25H29N5O2S/c1-20-7-5-6-10-22(20)30-14-13-27-25(30)33-19-23(31)26-12-11-24(32)29-17-15-28(16-18-29)21-8-3-2-4-9-21/h2-10,13-14H,11-12,15-19H2,1H3,(H,26,31). The molecule has 1 aromatic heterocycles. The largest absolute Gasteiger partial charge is 0.368 e. The number of nitrogens with one attached hydrogen (secondary N) is 1. The van der Waals surface area contributed by atoms with E-state index in [0.29, 0.717) is 26.1 Å². The predicted octanol–water partition coefficient (Wildman–Crippen LogP) is 3.13. The van der Waals surface area contributed by atoms with Gasteiger partial charge in [-0.1, -0.05) is 48.2 Å². The van der Waals surface area contributed by atoms with E-state index in [-0.39, 0.29) is 17.6 Å². The quantitative estimate of drug-likeness (QED) is 0.520. The van der Waals surface area contributed by atoms with Crippen molar-refractivity contribution in [3.63, 3.8) is 0 Å². The van der Waals surface area contributed by atoms with Crippen LogP contribution in [-0.2, 0) is 9.59 Å². The first-order chi connectivity index (χ1) is 16.1. The van der Waals surface area contributed by atoms with Gasteiger partial charge < -0.3 is 15.1 Å². The summed E-state index contributed by atoms with van der Waals surface area (Å²) in [6, 6.07) is 18.3. The van der Waals surface area contributed by atoms with Gasteiger partial charge in [-0.3, -0.25) is 14.2 Å². The Morgan fingerprint density at radius 3 is 2.48 bits per heavy atom. The number of amides is 2. The minimum Gasteiger partial charge on any atom is -0.368 e. The number of aromatic nitrogens is 2. The Balaban J connectivity index is 1.18. The van der Waals surface area contributed by atoms with Crippen LogP contribution in [0.25, 0.3) is 5.69 Å². The van der Waals surface area contributed by atoms with Gasteiger partial charge in [0.2, 0.25) is 11.8 Å². The molecule has 8 heteroatoms. The molecule has 1 saturated heterocycles. The smallest absolute Gasteiger partial charge is 0.230 e. The van der Waals surface area contributed by atoms with Crippen molar-refractivity contribution in [1.29, 1.82) is 0 Å². The number of thioether (sulfide) groups is 1. The number of carbonyl (C=O) groups excluding carboxylic acids is 2. The molecule has 4 rings (SSSR count). The van der Waals surface area contributed by atoms with E-state index in [1.807, 2.05) is 52.1 Å². The van der Waals surface area contributed by atoms with Crippen LogP contribution in [0.5, 0.6) is 0 Å². The number of benzene rings is 2. The van der Waals surface area contributed by atoms with E-state index in [1.54, 1.807) is 6.20 Å². The lowest BCUT2D eigenvalue weighted by Crippen LogP contribution is -2.49. The highest BCUT2D eigenvalue weighted by molar-refractivity contribution is 7.99. The number of piperazine rings is 1. The number of nitrogens with zero attached hydrogens (tertiary/aromatic N) is 4. The highest BCUT2D eigenvalue weighted by atomic mass is 32.2. The fraction of sp³-hybridized carbons (Fsp3) is 0.320. The normalized spacial score (nSPS) is 13.7.